The minimum Gasteiger partial charge on any atom is -0.341 e. The first-order valence-corrected chi connectivity index (χ1v) is 11.7. The van der Waals surface area contributed by atoms with Gasteiger partial charge in [0.05, 0.1) is 10.5 Å². The summed E-state index contributed by atoms with van der Waals surface area (Å²) in [7, 11) is -4.26. The Morgan fingerprint density at radius 3 is 2.27 bits per heavy atom. The van der Waals surface area contributed by atoms with Crippen LogP contribution in [0.3, 0.4) is 0 Å². The fraction of sp³-hybridized carbons (Fsp3) is 0.650. The zero-order chi connectivity index (χ0) is 22.2. The van der Waals surface area contributed by atoms with Crippen molar-refractivity contribution in [3.63, 3.8) is 0 Å². The van der Waals surface area contributed by atoms with Crippen LogP contribution in [0, 0.1) is 0 Å². The lowest BCUT2D eigenvalue weighted by molar-refractivity contribution is -0.140. The molecule has 0 spiro atoms. The van der Waals surface area contributed by atoms with Crippen LogP contribution in [0.15, 0.2) is 29.2 Å². The second-order valence-electron chi connectivity index (χ2n) is 7.88. The molecule has 0 unspecified atom stereocenters. The van der Waals surface area contributed by atoms with Crippen LogP contribution in [0.25, 0.3) is 0 Å². The zero-order valence-electron chi connectivity index (χ0n) is 17.3. The number of rotatable bonds is 5. The molecule has 1 atom stereocenters. The smallest absolute Gasteiger partial charge is 0.341 e. The van der Waals surface area contributed by atoms with E-state index >= 15 is 0 Å². The highest BCUT2D eigenvalue weighted by Gasteiger charge is 2.45. The van der Waals surface area contributed by atoms with E-state index < -0.39 is 26.7 Å². The molecule has 1 aromatic rings. The van der Waals surface area contributed by atoms with Gasteiger partial charge in [-0.05, 0) is 25.0 Å². The van der Waals surface area contributed by atoms with E-state index in [1.807, 2.05) is 11.8 Å². The van der Waals surface area contributed by atoms with Gasteiger partial charge in [0.2, 0.25) is 15.9 Å². The molecule has 0 N–H and O–H groups in total. The Bertz CT molecular complexity index is 883. The first-order chi connectivity index (χ1) is 14.0. The van der Waals surface area contributed by atoms with Crippen molar-refractivity contribution in [3.05, 3.63) is 29.8 Å². The van der Waals surface area contributed by atoms with E-state index in [9.17, 15) is 26.4 Å². The van der Waals surface area contributed by atoms with E-state index in [0.717, 1.165) is 29.3 Å². The van der Waals surface area contributed by atoms with Crippen molar-refractivity contribution < 1.29 is 26.4 Å². The quantitative estimate of drug-likeness (QED) is 0.697. The minimum atomic E-state index is -4.74. The Hall–Kier alpha value is -1.65. The number of carbonyl (C=O) groups excluding carboxylic acids is 1. The van der Waals surface area contributed by atoms with Crippen LogP contribution >= 0.6 is 0 Å². The Morgan fingerprint density at radius 2 is 1.70 bits per heavy atom. The van der Waals surface area contributed by atoms with Crippen molar-refractivity contribution in [1.29, 1.82) is 0 Å². The number of sulfonamides is 1. The molecule has 30 heavy (non-hydrogen) atoms. The molecule has 1 amide bonds. The molecule has 2 saturated heterocycles. The van der Waals surface area contributed by atoms with Crippen LogP contribution in [0.1, 0.15) is 38.7 Å². The van der Waals surface area contributed by atoms with Crippen LogP contribution in [0.4, 0.5) is 13.2 Å². The van der Waals surface area contributed by atoms with Gasteiger partial charge in [0.25, 0.3) is 0 Å². The van der Waals surface area contributed by atoms with E-state index in [-0.39, 0.29) is 24.5 Å². The molecule has 10 heteroatoms. The average molecular weight is 448 g/mol. The maximum atomic E-state index is 13.3. The van der Waals surface area contributed by atoms with Gasteiger partial charge in [0.15, 0.2) is 0 Å². The molecule has 1 aromatic carbocycles. The van der Waals surface area contributed by atoms with E-state index in [4.69, 9.17) is 0 Å². The standard InChI is InChI=1S/C20H28F3N3O3S/c1-3-18(27)24-10-9-19(4-2,15-24)25-11-13-26(14-12-25)30(28,29)17-8-6-5-7-16(17)20(21,22)23/h5-8H,3-4,9-15H2,1-2H3/t19-/m0/s1. The number of benzene rings is 1. The first-order valence-electron chi connectivity index (χ1n) is 10.2. The number of amides is 1. The Kier molecular flexibility index (Phi) is 6.50. The number of hydrogen-bond donors (Lipinski definition) is 0. The molecule has 0 bridgehead atoms. The van der Waals surface area contributed by atoms with Crippen LogP contribution in [-0.2, 0) is 21.0 Å². The highest BCUT2D eigenvalue weighted by Crippen LogP contribution is 2.36. The lowest BCUT2D eigenvalue weighted by atomic mass is 9.92. The Labute approximate surface area is 175 Å². The molecular weight excluding hydrogens is 419 g/mol. The zero-order valence-corrected chi connectivity index (χ0v) is 18.1. The fourth-order valence-electron chi connectivity index (χ4n) is 4.53. The number of nitrogens with zero attached hydrogens (tertiary/aromatic N) is 3. The number of halogens is 3. The molecule has 3 rings (SSSR count). The lowest BCUT2D eigenvalue weighted by Crippen LogP contribution is -2.59. The van der Waals surface area contributed by atoms with Crippen molar-refractivity contribution in [1.82, 2.24) is 14.1 Å². The van der Waals surface area contributed by atoms with Gasteiger partial charge in [-0.25, -0.2) is 8.42 Å². The largest absolute Gasteiger partial charge is 0.417 e. The molecule has 2 aliphatic rings. The van der Waals surface area contributed by atoms with Crippen molar-refractivity contribution in [2.45, 2.75) is 49.7 Å². The average Bonchev–Trinajstić information content (AvgIpc) is 3.18. The summed E-state index contributed by atoms with van der Waals surface area (Å²) < 4.78 is 67.0. The van der Waals surface area contributed by atoms with Crippen LogP contribution in [0.5, 0.6) is 0 Å². The molecule has 2 aliphatic heterocycles. The third kappa shape index (κ3) is 4.22. The van der Waals surface area contributed by atoms with Crippen LogP contribution < -0.4 is 0 Å². The predicted octanol–water partition coefficient (Wildman–Crippen LogP) is 2.80. The summed E-state index contributed by atoms with van der Waals surface area (Å²) >= 11 is 0. The molecule has 0 aromatic heterocycles. The summed E-state index contributed by atoms with van der Waals surface area (Å²) in [5.74, 6) is 0.107. The maximum absolute atomic E-state index is 13.3. The SMILES string of the molecule is CCC(=O)N1CC[C@](CC)(N2CCN(S(=O)(=O)c3ccccc3C(F)(F)F)CC2)C1. The highest BCUT2D eigenvalue weighted by atomic mass is 32.2. The fourth-order valence-corrected chi connectivity index (χ4v) is 6.17. The number of likely N-dealkylation sites (tertiary alicyclic amines) is 1. The number of piperazine rings is 1. The Morgan fingerprint density at radius 1 is 1.07 bits per heavy atom. The van der Waals surface area contributed by atoms with Crippen LogP contribution in [-0.4, -0.2) is 73.2 Å². The molecule has 0 aliphatic carbocycles. The van der Waals surface area contributed by atoms with Gasteiger partial charge >= 0.3 is 6.18 Å². The van der Waals surface area contributed by atoms with E-state index in [0.29, 0.717) is 32.6 Å². The molecule has 2 fully saturated rings. The first kappa shape index (κ1) is 23.0. The number of carbonyl (C=O) groups is 1. The molecule has 168 valence electrons. The number of hydrogen-bond acceptors (Lipinski definition) is 4. The molecule has 2 heterocycles. The molecule has 0 radical (unpaired) electrons. The summed E-state index contributed by atoms with van der Waals surface area (Å²) in [6.07, 6.45) is -2.65. The molecule has 6 nitrogen and oxygen atoms in total. The van der Waals surface area contributed by atoms with Gasteiger partial charge in [0.1, 0.15) is 0 Å². The van der Waals surface area contributed by atoms with E-state index in [1.54, 1.807) is 0 Å². The second-order valence-corrected chi connectivity index (χ2v) is 9.79. The van der Waals surface area contributed by atoms with Gasteiger partial charge in [-0.15, -0.1) is 0 Å². The van der Waals surface area contributed by atoms with Crippen molar-refractivity contribution in [2.24, 2.45) is 0 Å². The normalized spacial score (nSPS) is 24.4. The Balaban J connectivity index is 1.75. The molecular formula is C20H28F3N3O3S. The van der Waals surface area contributed by atoms with E-state index in [1.165, 1.54) is 12.1 Å². The highest BCUT2D eigenvalue weighted by molar-refractivity contribution is 7.89. The third-order valence-electron chi connectivity index (χ3n) is 6.37. The van der Waals surface area contributed by atoms with E-state index in [2.05, 4.69) is 11.8 Å². The van der Waals surface area contributed by atoms with Gasteiger partial charge in [-0.1, -0.05) is 26.0 Å². The predicted molar refractivity (Wildman–Crippen MR) is 106 cm³/mol. The monoisotopic (exact) mass is 447 g/mol. The van der Waals surface area contributed by atoms with Crippen molar-refractivity contribution >= 4 is 15.9 Å². The van der Waals surface area contributed by atoms with Gasteiger partial charge in [-0.3, -0.25) is 9.69 Å². The van der Waals surface area contributed by atoms with Crippen molar-refractivity contribution in [3.8, 4) is 0 Å². The summed E-state index contributed by atoms with van der Waals surface area (Å²) in [4.78, 5) is 15.4. The lowest BCUT2D eigenvalue weighted by Gasteiger charge is -2.45. The minimum absolute atomic E-state index is 0.107. The van der Waals surface area contributed by atoms with Gasteiger partial charge in [0, 0.05) is 51.2 Å². The molecule has 0 saturated carbocycles. The summed E-state index contributed by atoms with van der Waals surface area (Å²) in [5.41, 5.74) is -1.34. The summed E-state index contributed by atoms with van der Waals surface area (Å²) in [5, 5.41) is 0. The van der Waals surface area contributed by atoms with Crippen LogP contribution in [0.2, 0.25) is 0 Å². The topological polar surface area (TPSA) is 60.9 Å². The third-order valence-corrected chi connectivity index (χ3v) is 8.32. The van der Waals surface area contributed by atoms with Crippen molar-refractivity contribution in [2.75, 3.05) is 39.3 Å². The van der Waals surface area contributed by atoms with Gasteiger partial charge < -0.3 is 4.90 Å². The summed E-state index contributed by atoms with van der Waals surface area (Å²) in [6.45, 7) is 6.28. The maximum Gasteiger partial charge on any atom is 0.417 e. The number of alkyl halides is 3. The summed E-state index contributed by atoms with van der Waals surface area (Å²) in [6, 6.07) is 4.31. The second kappa shape index (κ2) is 8.47. The van der Waals surface area contributed by atoms with Gasteiger partial charge in [-0.2, -0.15) is 17.5 Å².